The van der Waals surface area contributed by atoms with E-state index in [4.69, 9.17) is 5.73 Å². The first kappa shape index (κ1) is 13.1. The van der Waals surface area contributed by atoms with Gasteiger partial charge in [-0.1, -0.05) is 13.8 Å². The maximum Gasteiger partial charge on any atom is 0.257 e. The molecule has 0 aliphatic heterocycles. The van der Waals surface area contributed by atoms with Gasteiger partial charge in [0, 0.05) is 18.7 Å². The summed E-state index contributed by atoms with van der Waals surface area (Å²) < 4.78 is 26.1. The Labute approximate surface area is 95.7 Å². The third-order valence-corrected chi connectivity index (χ3v) is 3.66. The van der Waals surface area contributed by atoms with Crippen LogP contribution < -0.4 is 10.5 Å². The molecule has 16 heavy (non-hydrogen) atoms. The second-order valence-electron chi connectivity index (χ2n) is 4.01. The number of aromatic nitrogens is 2. The molecule has 0 bridgehead atoms. The van der Waals surface area contributed by atoms with Gasteiger partial charge in [-0.05, 0) is 12.3 Å². The highest BCUT2D eigenvalue weighted by Gasteiger charge is 2.19. The van der Waals surface area contributed by atoms with Gasteiger partial charge in [-0.2, -0.15) is 5.10 Å². The highest BCUT2D eigenvalue weighted by atomic mass is 32.2. The van der Waals surface area contributed by atoms with E-state index in [1.54, 1.807) is 0 Å². The minimum atomic E-state index is -3.50. The fourth-order valence-electron chi connectivity index (χ4n) is 1.23. The number of nitrogens with one attached hydrogen (secondary N) is 2. The van der Waals surface area contributed by atoms with Crippen LogP contribution in [0.2, 0.25) is 0 Å². The zero-order valence-electron chi connectivity index (χ0n) is 9.53. The zero-order valence-corrected chi connectivity index (χ0v) is 10.3. The van der Waals surface area contributed by atoms with Crippen molar-refractivity contribution in [2.24, 2.45) is 11.7 Å². The number of rotatable bonds is 6. The summed E-state index contributed by atoms with van der Waals surface area (Å²) in [5, 5.41) is 6.20. The van der Waals surface area contributed by atoms with Crippen molar-refractivity contribution in [3.05, 3.63) is 11.8 Å². The molecule has 1 rings (SSSR count). The fraction of sp³-hybridized carbons (Fsp3) is 0.667. The zero-order chi connectivity index (χ0) is 12.2. The Morgan fingerprint density at radius 1 is 1.56 bits per heavy atom. The van der Waals surface area contributed by atoms with Crippen LogP contribution in [0, 0.1) is 5.92 Å². The van der Waals surface area contributed by atoms with Crippen LogP contribution in [0.3, 0.4) is 0 Å². The van der Waals surface area contributed by atoms with Gasteiger partial charge in [-0.25, -0.2) is 13.1 Å². The minimum absolute atomic E-state index is 0.0683. The molecule has 0 radical (unpaired) electrons. The molecule has 4 N–H and O–H groups in total. The van der Waals surface area contributed by atoms with E-state index in [1.165, 1.54) is 6.20 Å². The number of hydrogen-bond donors (Lipinski definition) is 3. The van der Waals surface area contributed by atoms with Gasteiger partial charge in [0.15, 0.2) is 5.03 Å². The lowest BCUT2D eigenvalue weighted by atomic mass is 10.1. The van der Waals surface area contributed by atoms with E-state index in [9.17, 15) is 8.42 Å². The maximum absolute atomic E-state index is 11.8. The molecule has 6 nitrogen and oxygen atoms in total. The first-order chi connectivity index (χ1) is 7.47. The number of hydrogen-bond acceptors (Lipinski definition) is 4. The van der Waals surface area contributed by atoms with Crippen LogP contribution in [0.15, 0.2) is 11.2 Å². The lowest BCUT2D eigenvalue weighted by Gasteiger charge is -2.07. The lowest BCUT2D eigenvalue weighted by molar-refractivity contribution is 0.548. The molecule has 0 aliphatic rings. The van der Waals surface area contributed by atoms with Gasteiger partial charge < -0.3 is 5.73 Å². The van der Waals surface area contributed by atoms with Gasteiger partial charge in [-0.15, -0.1) is 0 Å². The van der Waals surface area contributed by atoms with Crippen molar-refractivity contribution >= 4 is 10.0 Å². The predicted molar refractivity (Wildman–Crippen MR) is 61.1 cm³/mol. The summed E-state index contributed by atoms with van der Waals surface area (Å²) >= 11 is 0. The number of nitrogens with zero attached hydrogens (tertiary/aromatic N) is 1. The van der Waals surface area contributed by atoms with Crippen LogP contribution in [0.5, 0.6) is 0 Å². The molecule has 1 aromatic rings. The topological polar surface area (TPSA) is 101 Å². The average molecular weight is 246 g/mol. The van der Waals surface area contributed by atoms with Crippen molar-refractivity contribution < 1.29 is 8.42 Å². The molecule has 0 aliphatic carbocycles. The number of nitrogens with two attached hydrogens (primary N) is 1. The second-order valence-corrected chi connectivity index (χ2v) is 5.71. The third kappa shape index (κ3) is 3.29. The average Bonchev–Trinajstić information content (AvgIpc) is 2.64. The summed E-state index contributed by atoms with van der Waals surface area (Å²) in [6.45, 7) is 4.64. The van der Waals surface area contributed by atoms with Gasteiger partial charge >= 0.3 is 0 Å². The van der Waals surface area contributed by atoms with Crippen molar-refractivity contribution in [3.63, 3.8) is 0 Å². The first-order valence-corrected chi connectivity index (χ1v) is 6.67. The highest BCUT2D eigenvalue weighted by Crippen LogP contribution is 2.10. The van der Waals surface area contributed by atoms with E-state index in [2.05, 4.69) is 14.9 Å². The van der Waals surface area contributed by atoms with E-state index in [-0.39, 0.29) is 11.6 Å². The molecular formula is C9H18N4O2S. The molecule has 7 heteroatoms. The van der Waals surface area contributed by atoms with Gasteiger partial charge in [0.25, 0.3) is 10.0 Å². The van der Waals surface area contributed by atoms with Crippen LogP contribution in [0.25, 0.3) is 0 Å². The summed E-state index contributed by atoms with van der Waals surface area (Å²) in [4.78, 5) is 0. The molecule has 0 unspecified atom stereocenters. The molecule has 0 spiro atoms. The summed E-state index contributed by atoms with van der Waals surface area (Å²) in [5.41, 5.74) is 5.91. The predicted octanol–water partition coefficient (Wildman–Crippen LogP) is 0.193. The molecular weight excluding hydrogens is 228 g/mol. The van der Waals surface area contributed by atoms with Gasteiger partial charge in [0.2, 0.25) is 0 Å². The Morgan fingerprint density at radius 3 is 2.81 bits per heavy atom. The third-order valence-electron chi connectivity index (χ3n) is 2.18. The molecule has 0 atom stereocenters. The Bertz CT molecular complexity index is 424. The van der Waals surface area contributed by atoms with E-state index in [0.29, 0.717) is 18.0 Å². The summed E-state index contributed by atoms with van der Waals surface area (Å²) in [5.74, 6) is 0.457. The van der Waals surface area contributed by atoms with Crippen molar-refractivity contribution in [1.82, 2.24) is 14.9 Å². The van der Waals surface area contributed by atoms with Crippen molar-refractivity contribution in [2.45, 2.75) is 31.8 Å². The first-order valence-electron chi connectivity index (χ1n) is 5.19. The molecule has 0 saturated heterocycles. The Morgan fingerprint density at radius 2 is 2.25 bits per heavy atom. The number of sulfonamides is 1. The smallest absolute Gasteiger partial charge is 0.257 e. The quantitative estimate of drug-likeness (QED) is 0.667. The number of H-pyrrole nitrogens is 1. The van der Waals surface area contributed by atoms with Crippen molar-refractivity contribution in [3.8, 4) is 0 Å². The molecule has 0 aromatic carbocycles. The SMILES string of the molecule is CC(C)CCNS(=O)(=O)c1[nH]ncc1CN. The second kappa shape index (κ2) is 5.42. The molecule has 1 heterocycles. The largest absolute Gasteiger partial charge is 0.326 e. The van der Waals surface area contributed by atoms with E-state index in [1.807, 2.05) is 13.8 Å². The maximum atomic E-state index is 11.8. The summed E-state index contributed by atoms with van der Waals surface area (Å²) in [6.07, 6.45) is 2.22. The van der Waals surface area contributed by atoms with E-state index in [0.717, 1.165) is 6.42 Å². The normalized spacial score (nSPS) is 12.2. The Kier molecular flexibility index (Phi) is 4.45. The monoisotopic (exact) mass is 246 g/mol. The summed E-state index contributed by atoms with van der Waals surface area (Å²) in [6, 6.07) is 0. The van der Waals surface area contributed by atoms with Crippen molar-refractivity contribution in [2.75, 3.05) is 6.54 Å². The van der Waals surface area contributed by atoms with Gasteiger partial charge in [0.05, 0.1) is 6.20 Å². The highest BCUT2D eigenvalue weighted by molar-refractivity contribution is 7.89. The lowest BCUT2D eigenvalue weighted by Crippen LogP contribution is -2.27. The molecule has 0 amide bonds. The van der Waals surface area contributed by atoms with Crippen LogP contribution in [0.4, 0.5) is 0 Å². The Hall–Kier alpha value is -0.920. The van der Waals surface area contributed by atoms with Gasteiger partial charge in [0.1, 0.15) is 0 Å². The fourth-order valence-corrected chi connectivity index (χ4v) is 2.42. The van der Waals surface area contributed by atoms with Crippen LogP contribution in [-0.4, -0.2) is 25.2 Å². The molecule has 0 fully saturated rings. The molecule has 1 aromatic heterocycles. The van der Waals surface area contributed by atoms with Crippen LogP contribution >= 0.6 is 0 Å². The van der Waals surface area contributed by atoms with E-state index >= 15 is 0 Å². The standard InChI is InChI=1S/C9H18N4O2S/c1-7(2)3-4-12-16(14,15)9-8(5-10)6-11-13-9/h6-7,12H,3-5,10H2,1-2H3,(H,11,13). The van der Waals surface area contributed by atoms with Crippen LogP contribution in [-0.2, 0) is 16.6 Å². The molecule has 0 saturated carbocycles. The minimum Gasteiger partial charge on any atom is -0.326 e. The molecule has 92 valence electrons. The number of aromatic amines is 1. The van der Waals surface area contributed by atoms with Crippen molar-refractivity contribution in [1.29, 1.82) is 0 Å². The Balaban J connectivity index is 2.71. The summed E-state index contributed by atoms with van der Waals surface area (Å²) in [7, 11) is -3.50. The van der Waals surface area contributed by atoms with Gasteiger partial charge in [-0.3, -0.25) is 5.10 Å². The van der Waals surface area contributed by atoms with E-state index < -0.39 is 10.0 Å². The van der Waals surface area contributed by atoms with Crippen LogP contribution in [0.1, 0.15) is 25.8 Å².